The highest BCUT2D eigenvalue weighted by Crippen LogP contribution is 2.22. The predicted molar refractivity (Wildman–Crippen MR) is 74.1 cm³/mol. The molecule has 1 atom stereocenters. The quantitative estimate of drug-likeness (QED) is 0.840. The number of anilines is 1. The molecule has 4 heteroatoms. The maximum Gasteiger partial charge on any atom is 0.317 e. The van der Waals surface area contributed by atoms with E-state index < -0.39 is 5.97 Å². The number of carboxylic acids is 1. The summed E-state index contributed by atoms with van der Waals surface area (Å²) in [6, 6.07) is 8.35. The van der Waals surface area contributed by atoms with Gasteiger partial charge in [-0.3, -0.25) is 9.69 Å². The van der Waals surface area contributed by atoms with Gasteiger partial charge in [0.2, 0.25) is 0 Å². The largest absolute Gasteiger partial charge is 0.480 e. The van der Waals surface area contributed by atoms with Crippen LogP contribution in [0.5, 0.6) is 0 Å². The van der Waals surface area contributed by atoms with Gasteiger partial charge in [0.05, 0.1) is 6.54 Å². The van der Waals surface area contributed by atoms with Crippen molar-refractivity contribution in [3.05, 3.63) is 29.8 Å². The minimum Gasteiger partial charge on any atom is -0.480 e. The van der Waals surface area contributed by atoms with E-state index in [9.17, 15) is 4.79 Å². The molecule has 0 saturated carbocycles. The summed E-state index contributed by atoms with van der Waals surface area (Å²) < 4.78 is 0. The molecule has 1 rings (SSSR count). The SMILES string of the molecule is CCN(CC(=O)O)C(C)c1ccc(N(C)C)cc1. The van der Waals surface area contributed by atoms with E-state index in [0.29, 0.717) is 0 Å². The second kappa shape index (κ2) is 6.40. The molecule has 0 spiro atoms. The van der Waals surface area contributed by atoms with Gasteiger partial charge in [0.1, 0.15) is 0 Å². The molecule has 0 aromatic heterocycles. The Hall–Kier alpha value is -1.55. The molecule has 0 fully saturated rings. The Balaban J connectivity index is 2.81. The lowest BCUT2D eigenvalue weighted by atomic mass is 10.1. The van der Waals surface area contributed by atoms with Crippen LogP contribution >= 0.6 is 0 Å². The standard InChI is InChI=1S/C14H22N2O2/c1-5-16(10-14(17)18)11(2)12-6-8-13(9-7-12)15(3)4/h6-9,11H,5,10H2,1-4H3,(H,17,18). The third-order valence-corrected chi connectivity index (χ3v) is 3.18. The normalized spacial score (nSPS) is 12.5. The number of hydrogen-bond acceptors (Lipinski definition) is 3. The summed E-state index contributed by atoms with van der Waals surface area (Å²) in [6.07, 6.45) is 0. The van der Waals surface area contributed by atoms with Gasteiger partial charge in [0.25, 0.3) is 0 Å². The second-order valence-corrected chi connectivity index (χ2v) is 4.62. The van der Waals surface area contributed by atoms with Crippen LogP contribution in [0.2, 0.25) is 0 Å². The molecule has 1 unspecified atom stereocenters. The van der Waals surface area contributed by atoms with Gasteiger partial charge in [-0.05, 0) is 31.2 Å². The van der Waals surface area contributed by atoms with Crippen LogP contribution in [-0.4, -0.2) is 43.2 Å². The van der Waals surface area contributed by atoms with Crippen molar-refractivity contribution in [3.63, 3.8) is 0 Å². The number of likely N-dealkylation sites (N-methyl/N-ethyl adjacent to an activating group) is 1. The molecule has 1 N–H and O–H groups in total. The molecule has 0 amide bonds. The number of aliphatic carboxylic acids is 1. The predicted octanol–water partition coefficient (Wildman–Crippen LogP) is 2.22. The molecule has 0 aliphatic carbocycles. The summed E-state index contributed by atoms with van der Waals surface area (Å²) in [5.41, 5.74) is 2.29. The molecule has 0 aliphatic heterocycles. The van der Waals surface area contributed by atoms with Crippen LogP contribution in [0, 0.1) is 0 Å². The minimum atomic E-state index is -0.784. The smallest absolute Gasteiger partial charge is 0.317 e. The van der Waals surface area contributed by atoms with Gasteiger partial charge in [-0.15, -0.1) is 0 Å². The Morgan fingerprint density at radius 1 is 1.28 bits per heavy atom. The molecule has 4 nitrogen and oxygen atoms in total. The summed E-state index contributed by atoms with van der Waals surface area (Å²) >= 11 is 0. The highest BCUT2D eigenvalue weighted by molar-refractivity contribution is 5.69. The van der Waals surface area contributed by atoms with Crippen LogP contribution in [0.15, 0.2) is 24.3 Å². The fourth-order valence-corrected chi connectivity index (χ4v) is 1.96. The Kier molecular flexibility index (Phi) is 5.16. The molecule has 0 saturated heterocycles. The maximum atomic E-state index is 10.8. The number of carbonyl (C=O) groups is 1. The van der Waals surface area contributed by atoms with Gasteiger partial charge < -0.3 is 10.0 Å². The molecule has 18 heavy (non-hydrogen) atoms. The molecule has 1 aromatic carbocycles. The topological polar surface area (TPSA) is 43.8 Å². The summed E-state index contributed by atoms with van der Waals surface area (Å²) in [6.45, 7) is 4.82. The van der Waals surface area contributed by atoms with E-state index in [4.69, 9.17) is 5.11 Å². The summed E-state index contributed by atoms with van der Waals surface area (Å²) in [5.74, 6) is -0.784. The first-order valence-electron chi connectivity index (χ1n) is 6.18. The van der Waals surface area contributed by atoms with Crippen molar-refractivity contribution in [1.29, 1.82) is 0 Å². The van der Waals surface area contributed by atoms with E-state index in [-0.39, 0.29) is 12.6 Å². The van der Waals surface area contributed by atoms with Gasteiger partial charge in [-0.25, -0.2) is 0 Å². The number of carboxylic acid groups (broad SMARTS) is 1. The Bertz CT molecular complexity index is 387. The maximum absolute atomic E-state index is 10.8. The Morgan fingerprint density at radius 3 is 2.22 bits per heavy atom. The highest BCUT2D eigenvalue weighted by Gasteiger charge is 2.16. The van der Waals surface area contributed by atoms with Gasteiger partial charge >= 0.3 is 5.97 Å². The van der Waals surface area contributed by atoms with Crippen LogP contribution in [0.25, 0.3) is 0 Å². The molecule has 0 heterocycles. The van der Waals surface area contributed by atoms with E-state index >= 15 is 0 Å². The third-order valence-electron chi connectivity index (χ3n) is 3.18. The molecule has 100 valence electrons. The molecular formula is C14H22N2O2. The van der Waals surface area contributed by atoms with Crippen LogP contribution in [0.3, 0.4) is 0 Å². The first-order valence-corrected chi connectivity index (χ1v) is 6.18. The summed E-state index contributed by atoms with van der Waals surface area (Å²) in [5, 5.41) is 8.88. The van der Waals surface area contributed by atoms with Crippen LogP contribution in [0.1, 0.15) is 25.5 Å². The molecular weight excluding hydrogens is 228 g/mol. The van der Waals surface area contributed by atoms with E-state index in [2.05, 4.69) is 24.3 Å². The highest BCUT2D eigenvalue weighted by atomic mass is 16.4. The number of nitrogens with zero attached hydrogens (tertiary/aromatic N) is 2. The number of hydrogen-bond donors (Lipinski definition) is 1. The van der Waals surface area contributed by atoms with Crippen molar-refractivity contribution < 1.29 is 9.90 Å². The van der Waals surface area contributed by atoms with Gasteiger partial charge in [0, 0.05) is 25.8 Å². The Morgan fingerprint density at radius 2 is 1.83 bits per heavy atom. The minimum absolute atomic E-state index is 0.0765. The fraction of sp³-hybridized carbons (Fsp3) is 0.500. The molecule has 0 radical (unpaired) electrons. The lowest BCUT2D eigenvalue weighted by molar-refractivity contribution is -0.138. The Labute approximate surface area is 109 Å². The average molecular weight is 250 g/mol. The lowest BCUT2D eigenvalue weighted by Crippen LogP contribution is -2.32. The third kappa shape index (κ3) is 3.74. The number of benzene rings is 1. The second-order valence-electron chi connectivity index (χ2n) is 4.62. The zero-order valence-corrected chi connectivity index (χ0v) is 11.6. The van der Waals surface area contributed by atoms with Crippen LogP contribution in [-0.2, 0) is 4.79 Å². The van der Waals surface area contributed by atoms with E-state index in [1.54, 1.807) is 0 Å². The summed E-state index contributed by atoms with van der Waals surface area (Å²) in [7, 11) is 4.00. The van der Waals surface area contributed by atoms with E-state index in [0.717, 1.165) is 17.8 Å². The average Bonchev–Trinajstić information content (AvgIpc) is 2.35. The molecule has 1 aromatic rings. The van der Waals surface area contributed by atoms with Crippen molar-refractivity contribution in [2.24, 2.45) is 0 Å². The van der Waals surface area contributed by atoms with Crippen molar-refractivity contribution in [1.82, 2.24) is 4.90 Å². The molecule has 0 aliphatic rings. The van der Waals surface area contributed by atoms with Crippen LogP contribution in [0.4, 0.5) is 5.69 Å². The van der Waals surface area contributed by atoms with E-state index in [1.807, 2.05) is 37.7 Å². The van der Waals surface area contributed by atoms with E-state index in [1.165, 1.54) is 0 Å². The monoisotopic (exact) mass is 250 g/mol. The van der Waals surface area contributed by atoms with Crippen molar-refractivity contribution in [3.8, 4) is 0 Å². The zero-order valence-electron chi connectivity index (χ0n) is 11.6. The lowest BCUT2D eigenvalue weighted by Gasteiger charge is -2.26. The van der Waals surface area contributed by atoms with Gasteiger partial charge in [-0.2, -0.15) is 0 Å². The first-order chi connectivity index (χ1) is 8.45. The zero-order chi connectivity index (χ0) is 13.7. The van der Waals surface area contributed by atoms with Gasteiger partial charge in [-0.1, -0.05) is 19.1 Å². The van der Waals surface area contributed by atoms with Crippen LogP contribution < -0.4 is 4.90 Å². The van der Waals surface area contributed by atoms with Crippen molar-refractivity contribution in [2.75, 3.05) is 32.1 Å². The summed E-state index contributed by atoms with van der Waals surface area (Å²) in [4.78, 5) is 14.8. The van der Waals surface area contributed by atoms with Crippen molar-refractivity contribution >= 4 is 11.7 Å². The first kappa shape index (κ1) is 14.5. The van der Waals surface area contributed by atoms with Crippen molar-refractivity contribution in [2.45, 2.75) is 19.9 Å². The molecule has 0 bridgehead atoms. The fourth-order valence-electron chi connectivity index (χ4n) is 1.96. The van der Waals surface area contributed by atoms with Gasteiger partial charge in [0.15, 0.2) is 0 Å². The number of rotatable bonds is 6.